The van der Waals surface area contributed by atoms with Crippen molar-refractivity contribution in [2.45, 2.75) is 32.1 Å². The summed E-state index contributed by atoms with van der Waals surface area (Å²) in [5, 5.41) is 8.63. The minimum atomic E-state index is -0.947. The van der Waals surface area contributed by atoms with Crippen LogP contribution in [0.15, 0.2) is 94.5 Å². The summed E-state index contributed by atoms with van der Waals surface area (Å²) < 4.78 is 12.3. The van der Waals surface area contributed by atoms with Crippen LogP contribution in [0.1, 0.15) is 23.6 Å². The Morgan fingerprint density at radius 2 is 1.55 bits per heavy atom. The van der Waals surface area contributed by atoms with Crippen molar-refractivity contribution in [2.24, 2.45) is 5.10 Å². The summed E-state index contributed by atoms with van der Waals surface area (Å²) >= 11 is 27.8. The Bertz CT molecular complexity index is 1660. The van der Waals surface area contributed by atoms with Gasteiger partial charge in [0.05, 0.1) is 15.7 Å². The van der Waals surface area contributed by atoms with Crippen molar-refractivity contribution in [3.8, 4) is 11.5 Å². The highest BCUT2D eigenvalue weighted by Crippen LogP contribution is 2.29. The Morgan fingerprint density at radius 1 is 0.864 bits per heavy atom. The number of nitrogens with one attached hydrogen (secondary N) is 2. The quantitative estimate of drug-likeness (QED) is 0.113. The molecule has 0 aromatic heterocycles. The number of hydrazone groups is 1. The minimum absolute atomic E-state index is 0.234. The van der Waals surface area contributed by atoms with Gasteiger partial charge in [-0.1, -0.05) is 82.8 Å². The van der Waals surface area contributed by atoms with E-state index in [1.807, 2.05) is 30.3 Å². The smallest absolute Gasteiger partial charge is 0.262 e. The van der Waals surface area contributed by atoms with Gasteiger partial charge in [0.15, 0.2) is 6.10 Å². The van der Waals surface area contributed by atoms with E-state index in [9.17, 15) is 9.59 Å². The summed E-state index contributed by atoms with van der Waals surface area (Å²) in [4.78, 5) is 26.2. The fraction of sp³-hybridized carbons (Fsp3) is 0.156. The Kier molecular flexibility index (Phi) is 12.3. The van der Waals surface area contributed by atoms with E-state index in [0.29, 0.717) is 36.6 Å². The molecule has 44 heavy (non-hydrogen) atoms. The first kappa shape index (κ1) is 33.6. The van der Waals surface area contributed by atoms with Crippen LogP contribution in [-0.2, 0) is 22.6 Å². The molecular weight excluding hydrogens is 712 g/mol. The zero-order chi connectivity index (χ0) is 31.6. The fourth-order valence-corrected chi connectivity index (χ4v) is 5.35. The molecular formula is C32H26BrCl4N3O4. The summed E-state index contributed by atoms with van der Waals surface area (Å²) in [6.45, 7) is 1.81. The summed E-state index contributed by atoms with van der Waals surface area (Å²) in [7, 11) is 0. The van der Waals surface area contributed by atoms with Gasteiger partial charge in [-0.15, -0.1) is 0 Å². The number of carbonyl (C=O) groups excluding carboxylic acids is 2. The van der Waals surface area contributed by atoms with E-state index < -0.39 is 24.0 Å². The second-order valence-corrected chi connectivity index (χ2v) is 12.1. The molecule has 4 aromatic carbocycles. The SMILES string of the molecule is C[C@@H](Oc1ccc(Cl)cc1Cl)C(=O)N[C@H](Cc1ccccc1)C(=O)N/N=C\c1ccc(OCc2ccc(Cl)cc2Cl)c(Br)c1. The highest BCUT2D eigenvalue weighted by Gasteiger charge is 2.25. The van der Waals surface area contributed by atoms with Crippen molar-refractivity contribution in [3.05, 3.63) is 126 Å². The van der Waals surface area contributed by atoms with Gasteiger partial charge in [-0.05, 0) is 82.5 Å². The maximum Gasteiger partial charge on any atom is 0.262 e. The number of rotatable bonds is 12. The molecule has 0 saturated carbocycles. The molecule has 0 bridgehead atoms. The zero-order valence-electron chi connectivity index (χ0n) is 23.2. The molecule has 4 rings (SSSR count). The van der Waals surface area contributed by atoms with Crippen molar-refractivity contribution in [1.29, 1.82) is 0 Å². The van der Waals surface area contributed by atoms with Crippen LogP contribution in [0.2, 0.25) is 20.1 Å². The third kappa shape index (κ3) is 9.87. The molecule has 0 saturated heterocycles. The van der Waals surface area contributed by atoms with Crippen LogP contribution in [0.3, 0.4) is 0 Å². The van der Waals surface area contributed by atoms with Crippen molar-refractivity contribution in [1.82, 2.24) is 10.7 Å². The van der Waals surface area contributed by atoms with Crippen LogP contribution in [0.5, 0.6) is 11.5 Å². The van der Waals surface area contributed by atoms with Crippen LogP contribution < -0.4 is 20.2 Å². The van der Waals surface area contributed by atoms with E-state index in [4.69, 9.17) is 55.9 Å². The highest BCUT2D eigenvalue weighted by atomic mass is 79.9. The molecule has 0 spiro atoms. The van der Waals surface area contributed by atoms with Gasteiger partial charge in [0.1, 0.15) is 24.1 Å². The molecule has 2 atom stereocenters. The summed E-state index contributed by atoms with van der Waals surface area (Å²) in [6.07, 6.45) is 0.771. The van der Waals surface area contributed by atoms with E-state index in [1.54, 1.807) is 55.5 Å². The molecule has 12 heteroatoms. The Hall–Kier alpha value is -3.27. The number of nitrogens with zero attached hydrogens (tertiary/aromatic N) is 1. The first-order valence-corrected chi connectivity index (χ1v) is 15.5. The molecule has 4 aromatic rings. The molecule has 0 heterocycles. The average molecular weight is 738 g/mol. The van der Waals surface area contributed by atoms with Gasteiger partial charge in [0.2, 0.25) is 0 Å². The van der Waals surface area contributed by atoms with Gasteiger partial charge in [-0.3, -0.25) is 9.59 Å². The lowest BCUT2D eigenvalue weighted by Crippen LogP contribution is -2.50. The Balaban J connectivity index is 1.38. The minimum Gasteiger partial charge on any atom is -0.488 e. The topological polar surface area (TPSA) is 89.0 Å². The summed E-state index contributed by atoms with van der Waals surface area (Å²) in [6, 6.07) is 23.6. The third-order valence-corrected chi connectivity index (χ3v) is 7.96. The van der Waals surface area contributed by atoms with Crippen molar-refractivity contribution in [3.63, 3.8) is 0 Å². The largest absolute Gasteiger partial charge is 0.488 e. The molecule has 228 valence electrons. The van der Waals surface area contributed by atoms with Crippen LogP contribution in [0, 0.1) is 0 Å². The lowest BCUT2D eigenvalue weighted by atomic mass is 10.1. The van der Waals surface area contributed by atoms with Gasteiger partial charge in [0.25, 0.3) is 11.8 Å². The first-order chi connectivity index (χ1) is 21.1. The summed E-state index contributed by atoms with van der Waals surface area (Å²) in [5.74, 6) is -0.118. The first-order valence-electron chi connectivity index (χ1n) is 13.2. The monoisotopic (exact) mass is 735 g/mol. The highest BCUT2D eigenvalue weighted by molar-refractivity contribution is 9.10. The Labute approximate surface area is 283 Å². The second-order valence-electron chi connectivity index (χ2n) is 9.53. The van der Waals surface area contributed by atoms with Crippen LogP contribution in [-0.4, -0.2) is 30.2 Å². The molecule has 0 aliphatic heterocycles. The predicted octanol–water partition coefficient (Wildman–Crippen LogP) is 8.29. The second kappa shape index (κ2) is 16.2. The molecule has 0 fully saturated rings. The van der Waals surface area contributed by atoms with Crippen molar-refractivity contribution in [2.75, 3.05) is 0 Å². The average Bonchev–Trinajstić information content (AvgIpc) is 2.99. The lowest BCUT2D eigenvalue weighted by Gasteiger charge is -2.21. The number of ether oxygens (including phenoxy) is 2. The summed E-state index contributed by atoms with van der Waals surface area (Å²) in [5.41, 5.74) is 4.86. The Morgan fingerprint density at radius 3 is 2.23 bits per heavy atom. The van der Waals surface area contributed by atoms with E-state index in [2.05, 4.69) is 31.8 Å². The van der Waals surface area contributed by atoms with Gasteiger partial charge < -0.3 is 14.8 Å². The van der Waals surface area contributed by atoms with E-state index in [0.717, 1.165) is 11.1 Å². The van der Waals surface area contributed by atoms with Crippen LogP contribution >= 0.6 is 62.3 Å². The van der Waals surface area contributed by atoms with Crippen molar-refractivity contribution < 1.29 is 19.1 Å². The van der Waals surface area contributed by atoms with Gasteiger partial charge in [-0.25, -0.2) is 5.43 Å². The number of halogens is 5. The van der Waals surface area contributed by atoms with Gasteiger partial charge in [0, 0.05) is 27.1 Å². The van der Waals surface area contributed by atoms with E-state index in [1.165, 1.54) is 12.3 Å². The number of hydrogen-bond donors (Lipinski definition) is 2. The molecule has 2 N–H and O–H groups in total. The van der Waals surface area contributed by atoms with Crippen molar-refractivity contribution >= 4 is 80.4 Å². The van der Waals surface area contributed by atoms with Gasteiger partial charge >= 0.3 is 0 Å². The lowest BCUT2D eigenvalue weighted by molar-refractivity contribution is -0.132. The number of carbonyl (C=O) groups is 2. The molecule has 0 radical (unpaired) electrons. The van der Waals surface area contributed by atoms with E-state index >= 15 is 0 Å². The van der Waals surface area contributed by atoms with Crippen LogP contribution in [0.25, 0.3) is 0 Å². The van der Waals surface area contributed by atoms with E-state index in [-0.39, 0.29) is 18.1 Å². The van der Waals surface area contributed by atoms with Crippen LogP contribution in [0.4, 0.5) is 0 Å². The molecule has 0 aliphatic rings. The molecule has 0 aliphatic carbocycles. The molecule has 2 amide bonds. The number of hydrogen-bond acceptors (Lipinski definition) is 5. The predicted molar refractivity (Wildman–Crippen MR) is 179 cm³/mol. The zero-order valence-corrected chi connectivity index (χ0v) is 27.8. The molecule has 7 nitrogen and oxygen atoms in total. The number of amides is 2. The molecule has 0 unspecified atom stereocenters. The maximum absolute atomic E-state index is 13.2. The van der Waals surface area contributed by atoms with Gasteiger partial charge in [-0.2, -0.15) is 5.10 Å². The third-order valence-electron chi connectivity index (χ3n) is 6.23. The number of benzene rings is 4. The standard InChI is InChI=1S/C32H26BrCl4N3O4/c1-19(44-30-12-10-24(35)16-27(30)37)31(41)39-28(14-20-5-3-2-4-6-20)32(42)40-38-17-21-7-11-29(25(33)13-21)43-18-22-8-9-23(34)15-26(22)36/h2-13,15-17,19,28H,14,18H2,1H3,(H,39,41)(H,40,42)/b38-17-/t19-,28-/m1/s1. The normalized spacial score (nSPS) is 12.4. The maximum atomic E-state index is 13.2. The fourth-order valence-electron chi connectivity index (χ4n) is 3.92.